The van der Waals surface area contributed by atoms with Crippen molar-refractivity contribution in [3.05, 3.63) is 67.3 Å². The number of hydrogen-bond donors (Lipinski definition) is 0. The molecule has 120 valence electrons. The molecule has 3 aromatic carbocycles. The van der Waals surface area contributed by atoms with Crippen LogP contribution in [0.3, 0.4) is 0 Å². The van der Waals surface area contributed by atoms with E-state index in [1.807, 2.05) is 48.5 Å². The zero-order valence-electron chi connectivity index (χ0n) is 13.0. The summed E-state index contributed by atoms with van der Waals surface area (Å²) in [5.74, 6) is -0.476. The van der Waals surface area contributed by atoms with Crippen molar-refractivity contribution in [2.24, 2.45) is 0 Å². The van der Waals surface area contributed by atoms with Crippen molar-refractivity contribution in [2.45, 2.75) is 6.42 Å². The number of fused-ring (bicyclic) bond motifs is 2. The maximum Gasteiger partial charge on any atom is 0.330 e. The first-order valence-corrected chi connectivity index (χ1v) is 7.59. The predicted molar refractivity (Wildman–Crippen MR) is 92.9 cm³/mol. The van der Waals surface area contributed by atoms with Crippen LogP contribution in [0.1, 0.15) is 6.42 Å². The number of carbonyl (C=O) groups is 2. The van der Waals surface area contributed by atoms with E-state index in [9.17, 15) is 9.59 Å². The lowest BCUT2D eigenvalue weighted by Gasteiger charge is -2.12. The molecular weight excluding hydrogens is 304 g/mol. The first-order chi connectivity index (χ1) is 11.7. The summed E-state index contributed by atoms with van der Waals surface area (Å²) in [5.41, 5.74) is 0. The van der Waals surface area contributed by atoms with E-state index in [4.69, 9.17) is 9.47 Å². The van der Waals surface area contributed by atoms with Crippen molar-refractivity contribution in [3.63, 3.8) is 0 Å². The normalized spacial score (nSPS) is 10.5. The lowest BCUT2D eigenvalue weighted by Crippen LogP contribution is -2.13. The minimum atomic E-state index is -0.557. The summed E-state index contributed by atoms with van der Waals surface area (Å²) in [4.78, 5) is 23.1. The smallest absolute Gasteiger partial charge is 0.330 e. The van der Waals surface area contributed by atoms with Crippen LogP contribution in [-0.2, 0) is 14.3 Å². The van der Waals surface area contributed by atoms with Crippen LogP contribution in [0.15, 0.2) is 67.3 Å². The van der Waals surface area contributed by atoms with Gasteiger partial charge in [-0.15, -0.1) is 0 Å². The quantitative estimate of drug-likeness (QED) is 0.308. The highest BCUT2D eigenvalue weighted by Gasteiger charge is 2.13. The Morgan fingerprint density at radius 1 is 0.958 bits per heavy atom. The number of carbonyl (C=O) groups excluding carboxylic acids is 2. The van der Waals surface area contributed by atoms with E-state index in [2.05, 4.69) is 12.6 Å². The van der Waals surface area contributed by atoms with Crippen molar-refractivity contribution >= 4 is 33.5 Å². The lowest BCUT2D eigenvalue weighted by atomic mass is 10.0. The van der Waals surface area contributed by atoms with Gasteiger partial charge >= 0.3 is 11.9 Å². The van der Waals surface area contributed by atoms with Gasteiger partial charge in [-0.2, -0.15) is 0 Å². The third kappa shape index (κ3) is 3.27. The fraction of sp³-hybridized carbons (Fsp3) is 0.100. The second-order valence-corrected chi connectivity index (χ2v) is 5.24. The van der Waals surface area contributed by atoms with Crippen LogP contribution in [0.25, 0.3) is 21.5 Å². The fourth-order valence-electron chi connectivity index (χ4n) is 2.54. The summed E-state index contributed by atoms with van der Waals surface area (Å²) in [6.45, 7) is 3.27. The molecule has 0 heterocycles. The molecule has 3 rings (SSSR count). The summed E-state index contributed by atoms with van der Waals surface area (Å²) in [5, 5.41) is 3.73. The number of rotatable bonds is 5. The highest BCUT2D eigenvalue weighted by Crippen LogP contribution is 2.34. The molecule has 3 aromatic rings. The minimum absolute atomic E-state index is 0.0167. The van der Waals surface area contributed by atoms with Crippen LogP contribution < -0.4 is 4.74 Å². The van der Waals surface area contributed by atoms with Gasteiger partial charge in [0.1, 0.15) is 12.4 Å². The topological polar surface area (TPSA) is 52.6 Å². The van der Waals surface area contributed by atoms with E-state index in [1.54, 1.807) is 0 Å². The van der Waals surface area contributed by atoms with Gasteiger partial charge in [-0.1, -0.05) is 55.1 Å². The Balaban J connectivity index is 1.90. The van der Waals surface area contributed by atoms with E-state index in [-0.39, 0.29) is 13.0 Å². The Morgan fingerprint density at radius 3 is 2.12 bits per heavy atom. The zero-order valence-corrected chi connectivity index (χ0v) is 13.0. The van der Waals surface area contributed by atoms with E-state index >= 15 is 0 Å². The average molecular weight is 320 g/mol. The third-order valence-corrected chi connectivity index (χ3v) is 3.65. The Hall–Kier alpha value is -3.14. The Bertz CT molecular complexity index is 873. The van der Waals surface area contributed by atoms with Crippen LogP contribution in [0, 0.1) is 0 Å². The molecule has 0 fully saturated rings. The Labute approximate surface area is 139 Å². The number of benzene rings is 3. The van der Waals surface area contributed by atoms with Crippen molar-refractivity contribution in [3.8, 4) is 5.75 Å². The van der Waals surface area contributed by atoms with Crippen LogP contribution >= 0.6 is 0 Å². The third-order valence-electron chi connectivity index (χ3n) is 3.65. The summed E-state index contributed by atoms with van der Waals surface area (Å²) in [6.07, 6.45) is 1.04. The number of esters is 2. The highest BCUT2D eigenvalue weighted by atomic mass is 16.5. The highest BCUT2D eigenvalue weighted by molar-refractivity contribution is 6.06. The van der Waals surface area contributed by atoms with Crippen LogP contribution in [0.4, 0.5) is 0 Å². The fourth-order valence-corrected chi connectivity index (χ4v) is 2.54. The first-order valence-electron chi connectivity index (χ1n) is 7.59. The van der Waals surface area contributed by atoms with Crippen molar-refractivity contribution in [1.82, 2.24) is 0 Å². The van der Waals surface area contributed by atoms with E-state index in [0.29, 0.717) is 5.75 Å². The monoisotopic (exact) mass is 320 g/mol. The van der Waals surface area contributed by atoms with Gasteiger partial charge in [-0.05, 0) is 16.8 Å². The molecule has 0 saturated carbocycles. The molecule has 0 unspecified atom stereocenters. The minimum Gasteiger partial charge on any atom is -0.462 e. The van der Waals surface area contributed by atoms with Crippen LogP contribution in [0.5, 0.6) is 5.75 Å². The molecular formula is C20H16O4. The lowest BCUT2D eigenvalue weighted by molar-refractivity contribution is -0.141. The molecule has 0 aliphatic carbocycles. The molecule has 0 atom stereocenters. The van der Waals surface area contributed by atoms with Gasteiger partial charge in [0.2, 0.25) is 0 Å². The average Bonchev–Trinajstić information content (AvgIpc) is 2.61. The molecule has 0 aliphatic heterocycles. The molecule has 0 spiro atoms. The van der Waals surface area contributed by atoms with E-state index in [0.717, 1.165) is 27.6 Å². The Kier molecular flexibility index (Phi) is 4.57. The summed E-state index contributed by atoms with van der Waals surface area (Å²) in [6, 6.07) is 17.5. The van der Waals surface area contributed by atoms with Gasteiger partial charge in [-0.25, -0.2) is 4.79 Å². The van der Waals surface area contributed by atoms with Crippen molar-refractivity contribution < 1.29 is 19.1 Å². The molecule has 0 N–H and O–H groups in total. The van der Waals surface area contributed by atoms with Crippen LogP contribution in [0.2, 0.25) is 0 Å². The SMILES string of the molecule is C=CC(=O)OCCC(=O)Oc1c2ccccc2cc2ccccc12. The molecule has 4 heteroatoms. The van der Waals surface area contributed by atoms with E-state index < -0.39 is 11.9 Å². The maximum absolute atomic E-state index is 12.1. The molecule has 0 aliphatic rings. The predicted octanol–water partition coefficient (Wildman–Crippen LogP) is 4.02. The molecule has 0 aromatic heterocycles. The summed E-state index contributed by atoms with van der Waals surface area (Å²) in [7, 11) is 0. The molecule has 0 saturated heterocycles. The largest absolute Gasteiger partial charge is 0.462 e. The summed E-state index contributed by atoms with van der Waals surface area (Å²) < 4.78 is 10.4. The first kappa shape index (κ1) is 15.7. The number of ether oxygens (including phenoxy) is 2. The maximum atomic E-state index is 12.1. The molecule has 24 heavy (non-hydrogen) atoms. The molecule has 0 bridgehead atoms. The standard InChI is InChI=1S/C20H16O4/c1-2-18(21)23-12-11-19(22)24-20-16-9-5-3-7-14(16)13-15-8-4-6-10-17(15)20/h2-10,13H,1,11-12H2. The van der Waals surface area contributed by atoms with Gasteiger partial charge < -0.3 is 9.47 Å². The second kappa shape index (κ2) is 6.96. The van der Waals surface area contributed by atoms with Gasteiger partial charge in [0.15, 0.2) is 0 Å². The second-order valence-electron chi connectivity index (χ2n) is 5.24. The van der Waals surface area contributed by atoms with E-state index in [1.165, 1.54) is 0 Å². The summed E-state index contributed by atoms with van der Waals surface area (Å²) >= 11 is 0. The molecule has 0 radical (unpaired) electrons. The zero-order chi connectivity index (χ0) is 16.9. The Morgan fingerprint density at radius 2 is 1.54 bits per heavy atom. The van der Waals surface area contributed by atoms with Gasteiger partial charge in [0.25, 0.3) is 0 Å². The van der Waals surface area contributed by atoms with Gasteiger partial charge in [-0.3, -0.25) is 4.79 Å². The molecule has 0 amide bonds. The van der Waals surface area contributed by atoms with Gasteiger partial charge in [0, 0.05) is 16.8 Å². The molecule has 4 nitrogen and oxygen atoms in total. The van der Waals surface area contributed by atoms with Crippen molar-refractivity contribution in [2.75, 3.05) is 6.61 Å². The van der Waals surface area contributed by atoms with Crippen LogP contribution in [-0.4, -0.2) is 18.5 Å². The van der Waals surface area contributed by atoms with Crippen molar-refractivity contribution in [1.29, 1.82) is 0 Å². The number of hydrogen-bond acceptors (Lipinski definition) is 4. The van der Waals surface area contributed by atoms with Gasteiger partial charge in [0.05, 0.1) is 6.42 Å².